The minimum absolute atomic E-state index is 0.867. The van der Waals surface area contributed by atoms with E-state index in [1.54, 1.807) is 0 Å². The molecule has 0 amide bonds. The van der Waals surface area contributed by atoms with Crippen molar-refractivity contribution in [3.05, 3.63) is 25.3 Å². The van der Waals surface area contributed by atoms with E-state index in [-0.39, 0.29) is 0 Å². The Morgan fingerprint density at radius 3 is 1.03 bits per heavy atom. The summed E-state index contributed by atoms with van der Waals surface area (Å²) in [5.74, 6) is -52.0. The zero-order chi connectivity index (χ0) is 30.0. The summed E-state index contributed by atoms with van der Waals surface area (Å²) < 4.78 is 242. The third-order valence-corrected chi connectivity index (χ3v) is 4.50. The number of rotatable bonds is 11. The van der Waals surface area contributed by atoms with Crippen LogP contribution in [-0.2, 0) is 10.1 Å². The molecule has 0 aliphatic rings. The molecular formula is C14H12F17NO3S. The summed E-state index contributed by atoms with van der Waals surface area (Å²) in [6.07, 6.45) is -4.24. The summed E-state index contributed by atoms with van der Waals surface area (Å²) in [6.45, 7) is 8.81. The van der Waals surface area contributed by atoms with Gasteiger partial charge in [0.05, 0.1) is 0 Å². The fourth-order valence-electron chi connectivity index (χ4n) is 1.60. The lowest BCUT2D eigenvalue weighted by atomic mass is 9.91. The predicted molar refractivity (Wildman–Crippen MR) is 85.5 cm³/mol. The highest BCUT2D eigenvalue weighted by Crippen LogP contribution is 2.64. The molecule has 0 aromatic rings. The molecular weight excluding hydrogens is 585 g/mol. The van der Waals surface area contributed by atoms with Gasteiger partial charge < -0.3 is 5.32 Å². The summed E-state index contributed by atoms with van der Waals surface area (Å²) in [7, 11) is -7.89. The van der Waals surface area contributed by atoms with Gasteiger partial charge >= 0.3 is 57.1 Å². The molecule has 0 heterocycles. The second-order valence-corrected chi connectivity index (χ2v) is 7.63. The molecule has 216 valence electrons. The van der Waals surface area contributed by atoms with Crippen molar-refractivity contribution in [3.63, 3.8) is 0 Å². The molecule has 0 aromatic heterocycles. The first kappa shape index (κ1) is 36.3. The summed E-state index contributed by atoms with van der Waals surface area (Å²) in [5.41, 5.74) is 0. The smallest absolute Gasteiger partial charge is 0.310 e. The Morgan fingerprint density at radius 2 is 0.806 bits per heavy atom. The lowest BCUT2D eigenvalue weighted by Gasteiger charge is -2.42. The molecule has 0 aromatic carbocycles. The summed E-state index contributed by atoms with van der Waals surface area (Å²) >= 11 is 0. The van der Waals surface area contributed by atoms with E-state index < -0.39 is 57.1 Å². The minimum Gasteiger partial charge on any atom is -0.310 e. The molecule has 0 fully saturated rings. The lowest BCUT2D eigenvalue weighted by molar-refractivity contribution is -0.458. The van der Waals surface area contributed by atoms with Crippen LogP contribution in [0.5, 0.6) is 0 Å². The number of alkyl halides is 17. The van der Waals surface area contributed by atoms with Crippen LogP contribution in [0.2, 0.25) is 0 Å². The van der Waals surface area contributed by atoms with E-state index in [4.69, 9.17) is 4.55 Å². The lowest BCUT2D eigenvalue weighted by Crippen LogP contribution is -2.74. The van der Waals surface area contributed by atoms with Crippen LogP contribution < -0.4 is 5.32 Å². The topological polar surface area (TPSA) is 66.4 Å². The van der Waals surface area contributed by atoms with Crippen molar-refractivity contribution < 1.29 is 87.6 Å². The highest BCUT2D eigenvalue weighted by atomic mass is 32.2. The molecule has 0 spiro atoms. The van der Waals surface area contributed by atoms with E-state index in [9.17, 15) is 83.1 Å². The first-order chi connectivity index (χ1) is 15.4. The van der Waals surface area contributed by atoms with Crippen LogP contribution in [0, 0.1) is 0 Å². The monoisotopic (exact) mass is 597 g/mol. The minimum atomic E-state index is -8.89. The molecule has 0 radical (unpaired) electrons. The van der Waals surface area contributed by atoms with E-state index >= 15 is 0 Å². The van der Waals surface area contributed by atoms with Crippen LogP contribution in [-0.4, -0.2) is 73.0 Å². The van der Waals surface area contributed by atoms with Crippen LogP contribution in [0.4, 0.5) is 74.6 Å². The van der Waals surface area contributed by atoms with Gasteiger partial charge in [-0.1, -0.05) is 12.2 Å². The van der Waals surface area contributed by atoms with Crippen molar-refractivity contribution in [2.75, 3.05) is 13.1 Å². The number of nitrogens with one attached hydrogen (secondary N) is 1. The van der Waals surface area contributed by atoms with Crippen LogP contribution in [0.1, 0.15) is 0 Å². The molecule has 0 unspecified atom stereocenters. The Labute approximate surface area is 189 Å². The first-order valence-electron chi connectivity index (χ1n) is 8.02. The maximum atomic E-state index is 13.0. The van der Waals surface area contributed by atoms with Gasteiger partial charge in [-0.25, -0.2) is 0 Å². The van der Waals surface area contributed by atoms with Gasteiger partial charge in [-0.05, 0) is 0 Å². The second kappa shape index (κ2) is 10.5. The molecule has 0 saturated heterocycles. The van der Waals surface area contributed by atoms with Crippen molar-refractivity contribution in [2.45, 2.75) is 47.0 Å². The predicted octanol–water partition coefficient (Wildman–Crippen LogP) is 5.79. The van der Waals surface area contributed by atoms with Gasteiger partial charge in [0.25, 0.3) is 0 Å². The third kappa shape index (κ3) is 5.68. The van der Waals surface area contributed by atoms with Gasteiger partial charge in [0, 0.05) is 13.1 Å². The Morgan fingerprint density at radius 1 is 0.556 bits per heavy atom. The van der Waals surface area contributed by atoms with E-state index in [1.165, 1.54) is 0 Å². The Balaban J connectivity index is 0. The van der Waals surface area contributed by atoms with Crippen LogP contribution in [0.25, 0.3) is 0 Å². The summed E-state index contributed by atoms with van der Waals surface area (Å²) in [4.78, 5) is 0. The number of halogens is 17. The molecule has 2 N–H and O–H groups in total. The molecule has 0 saturated carbocycles. The summed E-state index contributed by atoms with van der Waals surface area (Å²) in [5, 5.41) is -4.79. The maximum absolute atomic E-state index is 13.0. The Kier molecular flexibility index (Phi) is 10.6. The van der Waals surface area contributed by atoms with Crippen molar-refractivity contribution in [1.29, 1.82) is 0 Å². The van der Waals surface area contributed by atoms with Crippen LogP contribution >= 0.6 is 0 Å². The molecule has 0 bridgehead atoms. The molecule has 0 rings (SSSR count). The average molecular weight is 597 g/mol. The van der Waals surface area contributed by atoms with Gasteiger partial charge in [-0.2, -0.15) is 83.1 Å². The fourth-order valence-corrected chi connectivity index (χ4v) is 2.05. The van der Waals surface area contributed by atoms with Crippen LogP contribution in [0.3, 0.4) is 0 Å². The largest absolute Gasteiger partial charge is 0.460 e. The SMILES string of the molecule is C=CCNCC=C.O=S(=O)(O)C(F)(F)C(F)(F)C(F)(F)C(F)(F)C(F)(F)C(F)(F)C(F)(F)C(F)(F)F. The highest BCUT2D eigenvalue weighted by Gasteiger charge is 2.96. The molecule has 4 nitrogen and oxygen atoms in total. The standard InChI is InChI=1S/C8HF17O3S.C6H11N/c9-1(10,3(13,14)5(17,18)7(21,22)23)2(11,12)4(15,16)6(19,20)8(24,25)29(26,27)28;1-3-5-7-6-4-2/h(H,26,27,28);3-4,7H,1-2,5-6H2. The van der Waals surface area contributed by atoms with Crippen molar-refractivity contribution in [1.82, 2.24) is 5.32 Å². The third-order valence-electron chi connectivity index (χ3n) is 3.59. The van der Waals surface area contributed by atoms with Gasteiger partial charge in [-0.3, -0.25) is 4.55 Å². The molecule has 0 aliphatic heterocycles. The summed E-state index contributed by atoms with van der Waals surface area (Å²) in [6, 6.07) is 0. The first-order valence-corrected chi connectivity index (χ1v) is 9.46. The highest BCUT2D eigenvalue weighted by molar-refractivity contribution is 7.87. The zero-order valence-electron chi connectivity index (χ0n) is 16.6. The number of hydrogen-bond donors (Lipinski definition) is 2. The Hall–Kier alpha value is -1.84. The second-order valence-electron chi connectivity index (χ2n) is 6.17. The number of hydrogen-bond acceptors (Lipinski definition) is 3. The zero-order valence-corrected chi connectivity index (χ0v) is 17.4. The Bertz CT molecular complexity index is 872. The van der Waals surface area contributed by atoms with Gasteiger partial charge in [0.1, 0.15) is 0 Å². The molecule has 0 atom stereocenters. The van der Waals surface area contributed by atoms with Gasteiger partial charge in [-0.15, -0.1) is 13.2 Å². The van der Waals surface area contributed by atoms with E-state index in [2.05, 4.69) is 18.5 Å². The van der Waals surface area contributed by atoms with Gasteiger partial charge in [0.15, 0.2) is 0 Å². The molecule has 0 aliphatic carbocycles. The van der Waals surface area contributed by atoms with E-state index in [1.807, 2.05) is 12.2 Å². The van der Waals surface area contributed by atoms with Crippen LogP contribution in [0.15, 0.2) is 25.3 Å². The quantitative estimate of drug-likeness (QED) is 0.137. The van der Waals surface area contributed by atoms with E-state index in [0.717, 1.165) is 13.1 Å². The molecule has 36 heavy (non-hydrogen) atoms. The maximum Gasteiger partial charge on any atom is 0.460 e. The molecule has 22 heteroatoms. The normalized spacial score (nSPS) is 15.2. The fraction of sp³-hybridized carbons (Fsp3) is 0.714. The van der Waals surface area contributed by atoms with Crippen molar-refractivity contribution in [3.8, 4) is 0 Å². The van der Waals surface area contributed by atoms with E-state index in [0.29, 0.717) is 0 Å². The van der Waals surface area contributed by atoms with Crippen molar-refractivity contribution >= 4 is 10.1 Å². The van der Waals surface area contributed by atoms with Crippen molar-refractivity contribution in [2.24, 2.45) is 0 Å². The average Bonchev–Trinajstić information content (AvgIpc) is 2.66. The van der Waals surface area contributed by atoms with Gasteiger partial charge in [0.2, 0.25) is 0 Å².